The molecule has 0 radical (unpaired) electrons. The highest BCUT2D eigenvalue weighted by atomic mass is 16.5. The van der Waals surface area contributed by atoms with Crippen molar-refractivity contribution in [3.05, 3.63) is 59.7 Å². The second kappa shape index (κ2) is 9.69. The Morgan fingerprint density at radius 2 is 1.92 bits per heavy atom. The third-order valence-corrected chi connectivity index (χ3v) is 3.86. The van der Waals surface area contributed by atoms with E-state index in [0.29, 0.717) is 30.2 Å². The molecule has 2 rings (SSSR count). The fourth-order valence-corrected chi connectivity index (χ4v) is 2.59. The molecular weight excluding hydrogens is 318 g/mol. The van der Waals surface area contributed by atoms with Crippen molar-refractivity contribution in [2.75, 3.05) is 26.8 Å². The van der Waals surface area contributed by atoms with Crippen molar-refractivity contribution in [2.24, 2.45) is 0 Å². The molecule has 0 saturated heterocycles. The molecule has 0 spiro atoms. The van der Waals surface area contributed by atoms with Crippen LogP contribution in [0.1, 0.15) is 29.3 Å². The van der Waals surface area contributed by atoms with Crippen molar-refractivity contribution < 1.29 is 19.4 Å². The number of aromatic hydroxyl groups is 1. The smallest absolute Gasteiger partial charge is 0.337 e. The molecule has 0 fully saturated rings. The quantitative estimate of drug-likeness (QED) is 0.707. The zero-order valence-corrected chi connectivity index (χ0v) is 14.8. The number of methoxy groups -OCH3 is 1. The summed E-state index contributed by atoms with van der Waals surface area (Å²) >= 11 is 0. The SMILES string of the molecule is CCCN(CCOc1cccc(C(=O)OC)c1)Cc1ccccc1O. The Kier molecular flexibility index (Phi) is 7.29. The van der Waals surface area contributed by atoms with Crippen molar-refractivity contribution >= 4 is 5.97 Å². The molecule has 0 heterocycles. The highest BCUT2D eigenvalue weighted by Crippen LogP contribution is 2.18. The Labute approximate surface area is 148 Å². The van der Waals surface area contributed by atoms with E-state index < -0.39 is 0 Å². The summed E-state index contributed by atoms with van der Waals surface area (Å²) in [6.07, 6.45) is 1.02. The predicted molar refractivity (Wildman–Crippen MR) is 97.0 cm³/mol. The Balaban J connectivity index is 1.91. The summed E-state index contributed by atoms with van der Waals surface area (Å²) in [5.74, 6) is 0.579. The predicted octanol–water partition coefficient (Wildman–Crippen LogP) is 3.47. The molecule has 0 bridgehead atoms. The Morgan fingerprint density at radius 3 is 2.64 bits per heavy atom. The highest BCUT2D eigenvalue weighted by molar-refractivity contribution is 5.89. The summed E-state index contributed by atoms with van der Waals surface area (Å²) in [7, 11) is 1.36. The maximum atomic E-state index is 11.6. The van der Waals surface area contributed by atoms with Gasteiger partial charge in [-0.2, -0.15) is 0 Å². The topological polar surface area (TPSA) is 59.0 Å². The van der Waals surface area contributed by atoms with E-state index in [-0.39, 0.29) is 5.97 Å². The summed E-state index contributed by atoms with van der Waals surface area (Å²) in [5, 5.41) is 9.94. The number of hydrogen-bond donors (Lipinski definition) is 1. The molecule has 0 saturated carbocycles. The van der Waals surface area contributed by atoms with Crippen LogP contribution in [0.5, 0.6) is 11.5 Å². The zero-order valence-electron chi connectivity index (χ0n) is 14.8. The molecule has 1 N–H and O–H groups in total. The number of hydrogen-bond acceptors (Lipinski definition) is 5. The molecule has 2 aromatic rings. The molecule has 5 nitrogen and oxygen atoms in total. The number of benzene rings is 2. The van der Waals surface area contributed by atoms with Crippen LogP contribution in [0, 0.1) is 0 Å². The van der Waals surface area contributed by atoms with Crippen LogP contribution in [0.25, 0.3) is 0 Å². The minimum atomic E-state index is -0.377. The van der Waals surface area contributed by atoms with E-state index in [0.717, 1.165) is 25.1 Å². The average Bonchev–Trinajstić information content (AvgIpc) is 2.63. The van der Waals surface area contributed by atoms with E-state index in [2.05, 4.69) is 11.8 Å². The summed E-state index contributed by atoms with van der Waals surface area (Å²) in [5.41, 5.74) is 1.38. The van der Waals surface area contributed by atoms with Gasteiger partial charge in [0.25, 0.3) is 0 Å². The lowest BCUT2D eigenvalue weighted by Crippen LogP contribution is -2.29. The van der Waals surface area contributed by atoms with Crippen LogP contribution in [0.15, 0.2) is 48.5 Å². The van der Waals surface area contributed by atoms with Gasteiger partial charge in [-0.05, 0) is 37.2 Å². The van der Waals surface area contributed by atoms with Gasteiger partial charge in [-0.1, -0.05) is 31.2 Å². The van der Waals surface area contributed by atoms with E-state index in [1.807, 2.05) is 24.3 Å². The molecule has 2 aromatic carbocycles. The van der Waals surface area contributed by atoms with Crippen LogP contribution in [0.2, 0.25) is 0 Å². The normalized spacial score (nSPS) is 10.7. The maximum absolute atomic E-state index is 11.6. The molecule has 0 aliphatic heterocycles. The first-order valence-electron chi connectivity index (χ1n) is 8.44. The largest absolute Gasteiger partial charge is 0.508 e. The molecule has 134 valence electrons. The number of carbonyl (C=O) groups excluding carboxylic acids is 1. The van der Waals surface area contributed by atoms with E-state index >= 15 is 0 Å². The van der Waals surface area contributed by atoms with Crippen molar-refractivity contribution in [1.82, 2.24) is 4.90 Å². The van der Waals surface area contributed by atoms with Crippen LogP contribution < -0.4 is 4.74 Å². The van der Waals surface area contributed by atoms with Crippen LogP contribution in [-0.4, -0.2) is 42.8 Å². The number of phenolic OH excluding ortho intramolecular Hbond substituents is 1. The second-order valence-electron chi connectivity index (χ2n) is 5.77. The first-order chi connectivity index (χ1) is 12.1. The molecule has 0 atom stereocenters. The zero-order chi connectivity index (χ0) is 18.1. The molecule has 0 aliphatic rings. The lowest BCUT2D eigenvalue weighted by atomic mass is 10.2. The standard InChI is InChI=1S/C20H25NO4/c1-3-11-21(15-17-7-4-5-10-19(17)22)12-13-25-18-9-6-8-16(14-18)20(23)24-2/h4-10,14,22H,3,11-13,15H2,1-2H3. The molecule has 0 aromatic heterocycles. The minimum Gasteiger partial charge on any atom is -0.508 e. The van der Waals surface area contributed by atoms with Crippen molar-refractivity contribution in [3.8, 4) is 11.5 Å². The van der Waals surface area contributed by atoms with Crippen molar-refractivity contribution in [2.45, 2.75) is 19.9 Å². The van der Waals surface area contributed by atoms with Gasteiger partial charge in [-0.25, -0.2) is 4.79 Å². The van der Waals surface area contributed by atoms with Gasteiger partial charge in [0, 0.05) is 18.7 Å². The average molecular weight is 343 g/mol. The Hall–Kier alpha value is -2.53. The first kappa shape index (κ1) is 18.8. The van der Waals surface area contributed by atoms with Crippen LogP contribution >= 0.6 is 0 Å². The molecule has 0 amide bonds. The summed E-state index contributed by atoms with van der Waals surface area (Å²) in [6.45, 7) is 4.94. The first-order valence-corrected chi connectivity index (χ1v) is 8.44. The molecule has 0 unspecified atom stereocenters. The maximum Gasteiger partial charge on any atom is 0.337 e. The van der Waals surface area contributed by atoms with Crippen LogP contribution in [-0.2, 0) is 11.3 Å². The fourth-order valence-electron chi connectivity index (χ4n) is 2.59. The van der Waals surface area contributed by atoms with E-state index in [1.54, 1.807) is 24.3 Å². The van der Waals surface area contributed by atoms with Crippen molar-refractivity contribution in [3.63, 3.8) is 0 Å². The van der Waals surface area contributed by atoms with Gasteiger partial charge >= 0.3 is 5.97 Å². The van der Waals surface area contributed by atoms with Gasteiger partial charge in [-0.15, -0.1) is 0 Å². The van der Waals surface area contributed by atoms with E-state index in [9.17, 15) is 9.90 Å². The third-order valence-electron chi connectivity index (χ3n) is 3.86. The van der Waals surface area contributed by atoms with Gasteiger partial charge in [0.2, 0.25) is 0 Å². The van der Waals surface area contributed by atoms with Gasteiger partial charge in [0.05, 0.1) is 12.7 Å². The second-order valence-corrected chi connectivity index (χ2v) is 5.77. The van der Waals surface area contributed by atoms with Gasteiger partial charge in [0.15, 0.2) is 0 Å². The van der Waals surface area contributed by atoms with E-state index in [4.69, 9.17) is 9.47 Å². The highest BCUT2D eigenvalue weighted by Gasteiger charge is 2.09. The summed E-state index contributed by atoms with van der Waals surface area (Å²) < 4.78 is 10.5. The molecule has 0 aliphatic carbocycles. The monoisotopic (exact) mass is 343 g/mol. The van der Waals surface area contributed by atoms with E-state index in [1.165, 1.54) is 7.11 Å². The van der Waals surface area contributed by atoms with Crippen LogP contribution in [0.3, 0.4) is 0 Å². The van der Waals surface area contributed by atoms with Gasteiger partial charge in [0.1, 0.15) is 18.1 Å². The number of rotatable bonds is 9. The van der Waals surface area contributed by atoms with Gasteiger partial charge < -0.3 is 14.6 Å². The number of nitrogens with zero attached hydrogens (tertiary/aromatic N) is 1. The Morgan fingerprint density at radius 1 is 1.12 bits per heavy atom. The number of carbonyl (C=O) groups is 1. The number of para-hydroxylation sites is 1. The lowest BCUT2D eigenvalue weighted by Gasteiger charge is -2.22. The number of phenols is 1. The number of ether oxygens (including phenoxy) is 2. The van der Waals surface area contributed by atoms with Crippen molar-refractivity contribution in [1.29, 1.82) is 0 Å². The summed E-state index contributed by atoms with van der Waals surface area (Å²) in [6, 6.07) is 14.3. The minimum absolute atomic E-state index is 0.315. The molecular formula is C20H25NO4. The van der Waals surface area contributed by atoms with Gasteiger partial charge in [-0.3, -0.25) is 4.90 Å². The molecule has 25 heavy (non-hydrogen) atoms. The lowest BCUT2D eigenvalue weighted by molar-refractivity contribution is 0.0600. The molecule has 5 heteroatoms. The van der Waals surface area contributed by atoms with Crippen LogP contribution in [0.4, 0.5) is 0 Å². The third kappa shape index (κ3) is 5.80. The Bertz CT molecular complexity index is 687. The number of esters is 1. The fraction of sp³-hybridized carbons (Fsp3) is 0.350. The summed E-state index contributed by atoms with van der Waals surface area (Å²) in [4.78, 5) is 13.8.